The summed E-state index contributed by atoms with van der Waals surface area (Å²) in [7, 11) is -0.984. The Kier molecular flexibility index (Phi) is 5.15. The number of carbonyl (C=O) groups excluding carboxylic acids is 2. The van der Waals surface area contributed by atoms with Gasteiger partial charge in [-0.3, -0.25) is 13.8 Å². The number of nitrogens with zero attached hydrogens (tertiary/aromatic N) is 2. The topological polar surface area (TPSA) is 81.1 Å². The number of nitrogens with one attached hydrogen (secondary N) is 1. The number of fused-ring (bicyclic) bond motifs is 1. The molecule has 0 aliphatic carbocycles. The molecule has 3 aromatic rings. The maximum Gasteiger partial charge on any atom is 0.256 e. The van der Waals surface area contributed by atoms with Gasteiger partial charge in [-0.1, -0.05) is 42.5 Å². The number of aromatic nitrogens is 2. The monoisotopic (exact) mass is 421 g/mol. The molecule has 154 valence electrons. The summed E-state index contributed by atoms with van der Waals surface area (Å²) in [6.07, 6.45) is 0. The lowest BCUT2D eigenvalue weighted by Gasteiger charge is -2.23. The summed E-state index contributed by atoms with van der Waals surface area (Å²) in [5.41, 5.74) is 2.85. The van der Waals surface area contributed by atoms with Gasteiger partial charge in [-0.25, -0.2) is 4.68 Å². The highest BCUT2D eigenvalue weighted by Gasteiger charge is 2.31. The smallest absolute Gasteiger partial charge is 0.256 e. The van der Waals surface area contributed by atoms with Crippen LogP contribution in [0.15, 0.2) is 54.6 Å². The first kappa shape index (κ1) is 20.2. The van der Waals surface area contributed by atoms with Crippen LogP contribution in [0.5, 0.6) is 0 Å². The average Bonchev–Trinajstić information content (AvgIpc) is 3.25. The van der Waals surface area contributed by atoms with Crippen LogP contribution in [0.3, 0.4) is 0 Å². The van der Waals surface area contributed by atoms with Gasteiger partial charge in [0.2, 0.25) is 0 Å². The minimum atomic E-state index is -0.984. The molecule has 4 rings (SSSR count). The van der Waals surface area contributed by atoms with Crippen molar-refractivity contribution in [3.8, 4) is 0 Å². The molecule has 1 aromatic heterocycles. The molecule has 0 saturated heterocycles. The third-order valence-electron chi connectivity index (χ3n) is 4.98. The zero-order valence-corrected chi connectivity index (χ0v) is 18.0. The predicted molar refractivity (Wildman–Crippen MR) is 117 cm³/mol. The summed E-state index contributed by atoms with van der Waals surface area (Å²) in [5.74, 6) is 1.02. The molecule has 1 N–H and O–H groups in total. The van der Waals surface area contributed by atoms with E-state index in [2.05, 4.69) is 10.4 Å². The Bertz CT molecular complexity index is 1140. The van der Waals surface area contributed by atoms with Crippen LogP contribution < -0.4 is 5.32 Å². The first-order chi connectivity index (χ1) is 14.2. The van der Waals surface area contributed by atoms with Crippen molar-refractivity contribution in [2.45, 2.75) is 37.8 Å². The van der Waals surface area contributed by atoms with Crippen LogP contribution >= 0.6 is 0 Å². The largest absolute Gasteiger partial charge is 0.306 e. The Hall–Kier alpha value is -3.06. The molecule has 0 saturated carbocycles. The second-order valence-electron chi connectivity index (χ2n) is 8.31. The van der Waals surface area contributed by atoms with E-state index in [1.165, 1.54) is 0 Å². The first-order valence-corrected chi connectivity index (χ1v) is 11.2. The van der Waals surface area contributed by atoms with Gasteiger partial charge in [-0.05, 0) is 32.9 Å². The molecule has 7 heteroatoms. The molecule has 0 bridgehead atoms. The molecular formula is C23H23N3O3S. The van der Waals surface area contributed by atoms with Crippen LogP contribution in [0, 0.1) is 0 Å². The molecule has 2 heterocycles. The van der Waals surface area contributed by atoms with Crippen molar-refractivity contribution in [2.24, 2.45) is 0 Å². The van der Waals surface area contributed by atoms with E-state index in [4.69, 9.17) is 0 Å². The zero-order chi connectivity index (χ0) is 21.5. The summed E-state index contributed by atoms with van der Waals surface area (Å²) < 4.78 is 13.8. The van der Waals surface area contributed by atoms with Gasteiger partial charge in [0.05, 0.1) is 22.7 Å². The number of amides is 1. The van der Waals surface area contributed by atoms with Crippen LogP contribution in [-0.4, -0.2) is 25.7 Å². The Labute approximate surface area is 177 Å². The first-order valence-electron chi connectivity index (χ1n) is 9.71. The molecule has 1 aliphatic rings. The van der Waals surface area contributed by atoms with Gasteiger partial charge in [-0.15, -0.1) is 0 Å². The minimum Gasteiger partial charge on any atom is -0.306 e. The summed E-state index contributed by atoms with van der Waals surface area (Å²) in [6.45, 7) is 6.02. The van der Waals surface area contributed by atoms with Crippen molar-refractivity contribution in [1.29, 1.82) is 0 Å². The standard InChI is InChI=1S/C23H23N3O3S/c1-23(2,3)26-21(18-13-30(29)14-19(18)25-26)24-22(28)17-11-9-16(10-12-17)20(27)15-7-5-4-6-8-15/h4-12H,13-14H2,1-3H3,(H,24,28)/t30-/m1/s1. The van der Waals surface area contributed by atoms with E-state index in [9.17, 15) is 13.8 Å². The normalized spacial score (nSPS) is 15.6. The summed E-state index contributed by atoms with van der Waals surface area (Å²) in [4.78, 5) is 25.5. The molecule has 1 aliphatic heterocycles. The lowest BCUT2D eigenvalue weighted by atomic mass is 10.0. The third-order valence-corrected chi connectivity index (χ3v) is 6.19. The summed E-state index contributed by atoms with van der Waals surface area (Å²) in [6, 6.07) is 15.6. The predicted octanol–water partition coefficient (Wildman–Crippen LogP) is 3.88. The fourth-order valence-corrected chi connectivity index (χ4v) is 4.71. The van der Waals surface area contributed by atoms with Crippen molar-refractivity contribution >= 4 is 28.3 Å². The average molecular weight is 422 g/mol. The number of carbonyl (C=O) groups is 2. The van der Waals surface area contributed by atoms with Gasteiger partial charge in [-0.2, -0.15) is 5.10 Å². The molecule has 0 fully saturated rings. The van der Waals surface area contributed by atoms with Crippen molar-refractivity contribution in [2.75, 3.05) is 5.32 Å². The van der Waals surface area contributed by atoms with Crippen molar-refractivity contribution in [3.05, 3.63) is 82.5 Å². The lowest BCUT2D eigenvalue weighted by Crippen LogP contribution is -2.27. The number of rotatable bonds is 4. The minimum absolute atomic E-state index is 0.0892. The molecule has 0 spiro atoms. The van der Waals surface area contributed by atoms with Crippen molar-refractivity contribution < 1.29 is 13.8 Å². The summed E-state index contributed by atoms with van der Waals surface area (Å²) >= 11 is 0. The Morgan fingerprint density at radius 1 is 0.933 bits per heavy atom. The van der Waals surface area contributed by atoms with E-state index in [0.717, 1.165) is 11.3 Å². The molecule has 30 heavy (non-hydrogen) atoms. The second-order valence-corrected chi connectivity index (χ2v) is 9.77. The van der Waals surface area contributed by atoms with Gasteiger partial charge in [0.15, 0.2) is 5.78 Å². The number of hydrogen-bond acceptors (Lipinski definition) is 4. The van der Waals surface area contributed by atoms with E-state index in [-0.39, 0.29) is 17.2 Å². The molecule has 6 nitrogen and oxygen atoms in total. The van der Waals surface area contributed by atoms with Gasteiger partial charge in [0.1, 0.15) is 5.82 Å². The number of anilines is 1. The Balaban J connectivity index is 1.58. The SMILES string of the molecule is CC(C)(C)n1nc2c(c1NC(=O)c1ccc(C(=O)c3ccccc3)cc1)C[S@@](=O)C2. The highest BCUT2D eigenvalue weighted by Crippen LogP contribution is 2.33. The van der Waals surface area contributed by atoms with E-state index in [1.807, 2.05) is 39.0 Å². The molecule has 2 aromatic carbocycles. The van der Waals surface area contributed by atoms with Crippen molar-refractivity contribution in [3.63, 3.8) is 0 Å². The maximum atomic E-state index is 12.9. The summed E-state index contributed by atoms with van der Waals surface area (Å²) in [5, 5.41) is 7.55. The highest BCUT2D eigenvalue weighted by molar-refractivity contribution is 7.83. The van der Waals surface area contributed by atoms with E-state index in [0.29, 0.717) is 34.0 Å². The maximum absolute atomic E-state index is 12.9. The van der Waals surface area contributed by atoms with E-state index in [1.54, 1.807) is 41.1 Å². The van der Waals surface area contributed by atoms with Crippen LogP contribution in [-0.2, 0) is 27.8 Å². The lowest BCUT2D eigenvalue weighted by molar-refractivity contribution is 0.101. The number of benzene rings is 2. The van der Waals surface area contributed by atoms with Crippen LogP contribution in [0.1, 0.15) is 58.3 Å². The second kappa shape index (κ2) is 7.65. The number of hydrogen-bond donors (Lipinski definition) is 1. The van der Waals surface area contributed by atoms with Crippen LogP contribution in [0.25, 0.3) is 0 Å². The van der Waals surface area contributed by atoms with Gasteiger partial charge in [0.25, 0.3) is 5.91 Å². The fourth-order valence-electron chi connectivity index (χ4n) is 3.45. The molecule has 1 amide bonds. The van der Waals surface area contributed by atoms with Gasteiger partial charge in [0, 0.05) is 33.1 Å². The molecule has 1 atom stereocenters. The molecule has 0 unspecified atom stereocenters. The quantitative estimate of drug-likeness (QED) is 0.648. The van der Waals surface area contributed by atoms with Gasteiger partial charge < -0.3 is 5.32 Å². The Morgan fingerprint density at radius 3 is 2.17 bits per heavy atom. The third kappa shape index (κ3) is 3.85. The molecule has 0 radical (unpaired) electrons. The fraction of sp³-hybridized carbons (Fsp3) is 0.261. The van der Waals surface area contributed by atoms with Crippen LogP contribution in [0.2, 0.25) is 0 Å². The highest BCUT2D eigenvalue weighted by atomic mass is 32.2. The van der Waals surface area contributed by atoms with E-state index < -0.39 is 10.8 Å². The van der Waals surface area contributed by atoms with Gasteiger partial charge >= 0.3 is 0 Å². The van der Waals surface area contributed by atoms with Crippen LogP contribution in [0.4, 0.5) is 5.82 Å². The Morgan fingerprint density at radius 2 is 1.53 bits per heavy atom. The number of ketones is 1. The zero-order valence-electron chi connectivity index (χ0n) is 17.1. The van der Waals surface area contributed by atoms with E-state index >= 15 is 0 Å². The molecular weight excluding hydrogens is 398 g/mol. The van der Waals surface area contributed by atoms with Crippen molar-refractivity contribution in [1.82, 2.24) is 9.78 Å².